The topological polar surface area (TPSA) is 59.3 Å². The predicted octanol–water partition coefficient (Wildman–Crippen LogP) is 5.29. The molecule has 0 aliphatic rings. The number of hydrogen-bond donors (Lipinski definition) is 0. The minimum atomic E-state index is -0.414. The molecule has 130 valence electrons. The van der Waals surface area contributed by atoms with Gasteiger partial charge in [-0.15, -0.1) is 11.3 Å². The van der Waals surface area contributed by atoms with E-state index in [1.165, 1.54) is 11.3 Å². The Morgan fingerprint density at radius 2 is 1.69 bits per heavy atom. The standard InChI is InChI=1S/C21H17NO3S/c1-2-13-24-17-7-5-16(6-8-17)21(23)25-18-9-3-15(4-10-18)20-12-11-19(14-22)26-20/h3-12H,2,13H2,1H3. The Bertz CT molecular complexity index is 921. The van der Waals surface area contributed by atoms with Crippen molar-refractivity contribution in [2.45, 2.75) is 13.3 Å². The summed E-state index contributed by atoms with van der Waals surface area (Å²) in [5, 5.41) is 8.90. The first-order valence-electron chi connectivity index (χ1n) is 8.25. The van der Waals surface area contributed by atoms with Crippen LogP contribution in [0, 0.1) is 11.3 Å². The van der Waals surface area contributed by atoms with Crippen molar-refractivity contribution in [3.8, 4) is 28.0 Å². The van der Waals surface area contributed by atoms with Crippen molar-refractivity contribution < 1.29 is 14.3 Å². The zero-order valence-electron chi connectivity index (χ0n) is 14.3. The monoisotopic (exact) mass is 363 g/mol. The molecule has 0 saturated carbocycles. The molecule has 0 spiro atoms. The van der Waals surface area contributed by atoms with Crippen LogP contribution in [-0.2, 0) is 0 Å². The molecule has 0 aliphatic carbocycles. The highest BCUT2D eigenvalue weighted by Crippen LogP contribution is 2.29. The van der Waals surface area contributed by atoms with Gasteiger partial charge in [0.15, 0.2) is 0 Å². The molecule has 26 heavy (non-hydrogen) atoms. The van der Waals surface area contributed by atoms with Crippen LogP contribution in [0.25, 0.3) is 10.4 Å². The Kier molecular flexibility index (Phi) is 5.67. The van der Waals surface area contributed by atoms with Crippen LogP contribution in [0.1, 0.15) is 28.6 Å². The zero-order chi connectivity index (χ0) is 18.4. The molecule has 3 aromatic rings. The van der Waals surface area contributed by atoms with Gasteiger partial charge in [-0.25, -0.2) is 4.79 Å². The molecule has 0 radical (unpaired) electrons. The van der Waals surface area contributed by atoms with Gasteiger partial charge in [-0.3, -0.25) is 0 Å². The zero-order valence-corrected chi connectivity index (χ0v) is 15.1. The number of carbonyl (C=O) groups excluding carboxylic acids is 1. The molecule has 0 bridgehead atoms. The third kappa shape index (κ3) is 4.29. The number of thiophene rings is 1. The maximum atomic E-state index is 12.2. The average molecular weight is 363 g/mol. The fourth-order valence-electron chi connectivity index (χ4n) is 2.31. The van der Waals surface area contributed by atoms with Gasteiger partial charge in [-0.1, -0.05) is 6.92 Å². The lowest BCUT2D eigenvalue weighted by Crippen LogP contribution is -2.08. The van der Waals surface area contributed by atoms with Crippen molar-refractivity contribution in [3.05, 3.63) is 71.1 Å². The summed E-state index contributed by atoms with van der Waals surface area (Å²) < 4.78 is 10.9. The van der Waals surface area contributed by atoms with E-state index in [1.54, 1.807) is 42.5 Å². The van der Waals surface area contributed by atoms with Gasteiger partial charge in [0.25, 0.3) is 0 Å². The maximum Gasteiger partial charge on any atom is 0.343 e. The summed E-state index contributed by atoms with van der Waals surface area (Å²) in [5.74, 6) is 0.797. The van der Waals surface area contributed by atoms with Gasteiger partial charge in [0.1, 0.15) is 22.4 Å². The molecular formula is C21H17NO3S. The summed E-state index contributed by atoms with van der Waals surface area (Å²) in [6.07, 6.45) is 0.934. The fraction of sp³-hybridized carbons (Fsp3) is 0.143. The highest BCUT2D eigenvalue weighted by Gasteiger charge is 2.09. The molecule has 5 heteroatoms. The van der Waals surface area contributed by atoms with Crippen molar-refractivity contribution in [1.82, 2.24) is 0 Å². The number of esters is 1. The lowest BCUT2D eigenvalue weighted by Gasteiger charge is -2.07. The van der Waals surface area contributed by atoms with E-state index in [2.05, 4.69) is 6.07 Å². The second kappa shape index (κ2) is 8.32. The third-order valence-electron chi connectivity index (χ3n) is 3.63. The Balaban J connectivity index is 1.65. The van der Waals surface area contributed by atoms with Crippen molar-refractivity contribution in [3.63, 3.8) is 0 Å². The number of nitriles is 1. The third-order valence-corrected chi connectivity index (χ3v) is 4.67. The van der Waals surface area contributed by atoms with Gasteiger partial charge in [-0.05, 0) is 72.6 Å². The molecule has 4 nitrogen and oxygen atoms in total. The van der Waals surface area contributed by atoms with Crippen LogP contribution in [-0.4, -0.2) is 12.6 Å². The minimum Gasteiger partial charge on any atom is -0.494 e. The van der Waals surface area contributed by atoms with Crippen molar-refractivity contribution in [2.24, 2.45) is 0 Å². The Morgan fingerprint density at radius 3 is 2.31 bits per heavy atom. The summed E-state index contributed by atoms with van der Waals surface area (Å²) in [6.45, 7) is 2.69. The van der Waals surface area contributed by atoms with Gasteiger partial charge in [0.05, 0.1) is 12.2 Å². The van der Waals surface area contributed by atoms with Crippen molar-refractivity contribution in [2.75, 3.05) is 6.61 Å². The van der Waals surface area contributed by atoms with E-state index in [1.807, 2.05) is 25.1 Å². The number of ether oxygens (including phenoxy) is 2. The van der Waals surface area contributed by atoms with Crippen LogP contribution >= 0.6 is 11.3 Å². The molecule has 0 saturated heterocycles. The molecule has 0 aliphatic heterocycles. The molecule has 1 heterocycles. The van der Waals surface area contributed by atoms with Gasteiger partial charge in [0, 0.05) is 4.88 Å². The van der Waals surface area contributed by atoms with E-state index in [9.17, 15) is 4.79 Å². The predicted molar refractivity (Wildman–Crippen MR) is 102 cm³/mol. The minimum absolute atomic E-state index is 0.414. The number of benzene rings is 2. The summed E-state index contributed by atoms with van der Waals surface area (Å²) in [6, 6.07) is 20.0. The number of hydrogen-bond acceptors (Lipinski definition) is 5. The quantitative estimate of drug-likeness (QED) is 0.441. The molecule has 1 aromatic heterocycles. The van der Waals surface area contributed by atoms with E-state index in [0.29, 0.717) is 22.8 Å². The highest BCUT2D eigenvalue weighted by atomic mass is 32.1. The summed E-state index contributed by atoms with van der Waals surface area (Å²) in [4.78, 5) is 13.9. The van der Waals surface area contributed by atoms with Gasteiger partial charge < -0.3 is 9.47 Å². The number of rotatable bonds is 6. The van der Waals surface area contributed by atoms with Crippen LogP contribution in [0.2, 0.25) is 0 Å². The first-order chi connectivity index (χ1) is 12.7. The normalized spacial score (nSPS) is 10.2. The lowest BCUT2D eigenvalue weighted by molar-refractivity contribution is 0.0734. The average Bonchev–Trinajstić information content (AvgIpc) is 3.16. The summed E-state index contributed by atoms with van der Waals surface area (Å²) in [7, 11) is 0. The first kappa shape index (κ1) is 17.7. The first-order valence-corrected chi connectivity index (χ1v) is 9.06. The van der Waals surface area contributed by atoms with Crippen LogP contribution in [0.5, 0.6) is 11.5 Å². The summed E-state index contributed by atoms with van der Waals surface area (Å²) >= 11 is 1.43. The molecule has 0 amide bonds. The van der Waals surface area contributed by atoms with E-state index in [4.69, 9.17) is 14.7 Å². The van der Waals surface area contributed by atoms with Gasteiger partial charge >= 0.3 is 5.97 Å². The molecule has 0 N–H and O–H groups in total. The Hall–Kier alpha value is -3.10. The molecule has 3 rings (SSSR count). The van der Waals surface area contributed by atoms with Gasteiger partial charge in [0.2, 0.25) is 0 Å². The number of carbonyl (C=O) groups is 1. The van der Waals surface area contributed by atoms with Crippen LogP contribution < -0.4 is 9.47 Å². The highest BCUT2D eigenvalue weighted by molar-refractivity contribution is 7.16. The lowest BCUT2D eigenvalue weighted by atomic mass is 10.2. The second-order valence-corrected chi connectivity index (χ2v) is 6.65. The summed E-state index contributed by atoms with van der Waals surface area (Å²) in [5.41, 5.74) is 1.45. The number of nitrogens with zero attached hydrogens (tertiary/aromatic N) is 1. The Morgan fingerprint density at radius 1 is 1.00 bits per heavy atom. The van der Waals surface area contributed by atoms with Crippen molar-refractivity contribution >= 4 is 17.3 Å². The molecule has 0 atom stereocenters. The van der Waals surface area contributed by atoms with Crippen LogP contribution in [0.15, 0.2) is 60.7 Å². The van der Waals surface area contributed by atoms with Gasteiger partial charge in [-0.2, -0.15) is 5.26 Å². The SMILES string of the molecule is CCCOc1ccc(C(=O)Oc2ccc(-c3ccc(C#N)s3)cc2)cc1. The van der Waals surface area contributed by atoms with E-state index < -0.39 is 5.97 Å². The van der Waals surface area contributed by atoms with E-state index in [0.717, 1.165) is 22.6 Å². The Labute approximate surface area is 156 Å². The molecular weight excluding hydrogens is 346 g/mol. The second-order valence-electron chi connectivity index (χ2n) is 5.56. The molecule has 0 unspecified atom stereocenters. The van der Waals surface area contributed by atoms with Crippen LogP contribution in [0.4, 0.5) is 0 Å². The van der Waals surface area contributed by atoms with E-state index >= 15 is 0 Å². The largest absolute Gasteiger partial charge is 0.494 e. The maximum absolute atomic E-state index is 12.2. The fourth-order valence-corrected chi connectivity index (χ4v) is 3.12. The van der Waals surface area contributed by atoms with Crippen LogP contribution in [0.3, 0.4) is 0 Å². The molecule has 0 fully saturated rings. The van der Waals surface area contributed by atoms with Crippen molar-refractivity contribution in [1.29, 1.82) is 5.26 Å². The molecule has 2 aromatic carbocycles. The van der Waals surface area contributed by atoms with E-state index in [-0.39, 0.29) is 0 Å². The smallest absolute Gasteiger partial charge is 0.343 e.